The van der Waals surface area contributed by atoms with Crippen molar-refractivity contribution in [2.24, 2.45) is 0 Å². The zero-order valence-corrected chi connectivity index (χ0v) is 30.4. The Morgan fingerprint density at radius 3 is 2.10 bits per heavy atom. The van der Waals surface area contributed by atoms with Crippen molar-refractivity contribution in [1.29, 1.82) is 0 Å². The van der Waals surface area contributed by atoms with Gasteiger partial charge in [-0.25, -0.2) is 8.42 Å². The summed E-state index contributed by atoms with van der Waals surface area (Å²) in [6.07, 6.45) is 2.06. The highest BCUT2D eigenvalue weighted by Crippen LogP contribution is 2.34. The lowest BCUT2D eigenvalue weighted by Gasteiger charge is -2.34. The first kappa shape index (κ1) is 37.1. The van der Waals surface area contributed by atoms with Crippen molar-refractivity contribution in [3.63, 3.8) is 0 Å². The largest absolute Gasteiger partial charge is 0.492 e. The number of anilines is 1. The van der Waals surface area contributed by atoms with Gasteiger partial charge in [-0.05, 0) is 81.1 Å². The summed E-state index contributed by atoms with van der Waals surface area (Å²) < 4.78 is 35.7. The van der Waals surface area contributed by atoms with Gasteiger partial charge in [-0.1, -0.05) is 71.7 Å². The van der Waals surface area contributed by atoms with Crippen LogP contribution in [-0.2, 0) is 32.6 Å². The summed E-state index contributed by atoms with van der Waals surface area (Å²) >= 11 is 14.7. The molecule has 8 nitrogen and oxygen atoms in total. The van der Waals surface area contributed by atoms with Gasteiger partial charge in [-0.2, -0.15) is 0 Å². The molecular weight excluding hydrogens is 689 g/mol. The van der Waals surface area contributed by atoms with Gasteiger partial charge in [0.05, 0.1) is 17.2 Å². The molecule has 0 saturated carbocycles. The molecule has 12 heteroatoms. The average Bonchev–Trinajstić information content (AvgIpc) is 3.07. The van der Waals surface area contributed by atoms with Crippen molar-refractivity contribution in [2.75, 3.05) is 23.7 Å². The van der Waals surface area contributed by atoms with Gasteiger partial charge in [-0.15, -0.1) is 11.8 Å². The van der Waals surface area contributed by atoms with E-state index in [4.69, 9.17) is 27.9 Å². The molecule has 0 fully saturated rings. The second-order valence-corrected chi connectivity index (χ2v) is 14.7. The van der Waals surface area contributed by atoms with Crippen LogP contribution in [0.15, 0.2) is 107 Å². The number of hydrogen-bond acceptors (Lipinski definition) is 6. The first-order valence-corrected chi connectivity index (χ1v) is 18.8. The number of benzene rings is 4. The molecule has 2 amide bonds. The summed E-state index contributed by atoms with van der Waals surface area (Å²) in [5.41, 5.74) is 1.43. The summed E-state index contributed by atoms with van der Waals surface area (Å²) in [6.45, 7) is 4.93. The maximum absolute atomic E-state index is 14.7. The van der Waals surface area contributed by atoms with Crippen molar-refractivity contribution in [3.05, 3.63) is 118 Å². The van der Waals surface area contributed by atoms with Crippen LogP contribution in [0.4, 0.5) is 5.69 Å². The summed E-state index contributed by atoms with van der Waals surface area (Å²) in [4.78, 5) is 30.9. The zero-order chi connectivity index (χ0) is 34.8. The number of nitrogens with one attached hydrogen (secondary N) is 1. The van der Waals surface area contributed by atoms with E-state index in [0.29, 0.717) is 15.6 Å². The number of sulfonamides is 1. The lowest BCUT2D eigenvalue weighted by atomic mass is 10.0. The highest BCUT2D eigenvalue weighted by Gasteiger charge is 2.36. The van der Waals surface area contributed by atoms with E-state index < -0.39 is 34.4 Å². The highest BCUT2D eigenvalue weighted by atomic mass is 35.5. The van der Waals surface area contributed by atoms with E-state index in [1.54, 1.807) is 61.5 Å². The maximum Gasteiger partial charge on any atom is 0.264 e. The molecule has 254 valence electrons. The molecule has 0 aliphatic heterocycles. The first-order chi connectivity index (χ1) is 23.0. The molecule has 4 aromatic rings. The molecule has 1 N–H and O–H groups in total. The molecule has 0 spiro atoms. The van der Waals surface area contributed by atoms with Gasteiger partial charge >= 0.3 is 0 Å². The van der Waals surface area contributed by atoms with Crippen molar-refractivity contribution >= 4 is 62.5 Å². The minimum Gasteiger partial charge on any atom is -0.492 e. The first-order valence-electron chi connectivity index (χ1n) is 15.4. The lowest BCUT2D eigenvalue weighted by Crippen LogP contribution is -2.54. The van der Waals surface area contributed by atoms with Crippen molar-refractivity contribution in [1.82, 2.24) is 10.2 Å². The van der Waals surface area contributed by atoms with Crippen LogP contribution in [0.3, 0.4) is 0 Å². The number of halogens is 2. The normalized spacial score (nSPS) is 12.0. The molecule has 1 atom stereocenters. The smallest absolute Gasteiger partial charge is 0.264 e. The Morgan fingerprint density at radius 2 is 1.50 bits per heavy atom. The van der Waals surface area contributed by atoms with Crippen LogP contribution in [0.25, 0.3) is 0 Å². The summed E-state index contributed by atoms with van der Waals surface area (Å²) in [7, 11) is -4.32. The van der Waals surface area contributed by atoms with E-state index in [9.17, 15) is 18.0 Å². The lowest BCUT2D eigenvalue weighted by molar-refractivity contribution is -0.140. The Morgan fingerprint density at radius 1 is 0.875 bits per heavy atom. The topological polar surface area (TPSA) is 96.0 Å². The monoisotopic (exact) mass is 727 g/mol. The molecule has 0 heterocycles. The Bertz CT molecular complexity index is 1790. The minimum atomic E-state index is -4.32. The number of ether oxygens (including phenoxy) is 1. The van der Waals surface area contributed by atoms with Gasteiger partial charge < -0.3 is 15.0 Å². The van der Waals surface area contributed by atoms with Crippen LogP contribution in [0.1, 0.15) is 31.9 Å². The molecule has 4 aromatic carbocycles. The fourth-order valence-corrected chi connectivity index (χ4v) is 7.47. The Hall–Kier alpha value is -3.70. The second-order valence-electron chi connectivity index (χ2n) is 11.2. The summed E-state index contributed by atoms with van der Waals surface area (Å²) in [6, 6.07) is 26.1. The summed E-state index contributed by atoms with van der Waals surface area (Å²) in [5, 5.41) is 3.56. The Kier molecular flexibility index (Phi) is 13.2. The van der Waals surface area contributed by atoms with E-state index >= 15 is 0 Å². The number of carbonyl (C=O) groups excluding carboxylic acids is 2. The van der Waals surface area contributed by atoms with Crippen molar-refractivity contribution in [2.45, 2.75) is 55.6 Å². The molecule has 48 heavy (non-hydrogen) atoms. The van der Waals surface area contributed by atoms with Crippen LogP contribution in [0.5, 0.6) is 5.75 Å². The minimum absolute atomic E-state index is 0.00140. The molecule has 4 rings (SSSR count). The molecular formula is C36H39Cl2N3O5S2. The van der Waals surface area contributed by atoms with E-state index in [0.717, 1.165) is 14.8 Å². The fourth-order valence-electron chi connectivity index (χ4n) is 5.12. The van der Waals surface area contributed by atoms with Crippen LogP contribution in [-0.4, -0.2) is 56.6 Å². The van der Waals surface area contributed by atoms with E-state index in [1.807, 2.05) is 50.4 Å². The number of hydrogen-bond donors (Lipinski definition) is 1. The van der Waals surface area contributed by atoms with E-state index in [2.05, 4.69) is 5.32 Å². The quantitative estimate of drug-likeness (QED) is 0.128. The molecule has 0 unspecified atom stereocenters. The van der Waals surface area contributed by atoms with Crippen molar-refractivity contribution < 1.29 is 22.7 Å². The fraction of sp³-hybridized carbons (Fsp3) is 0.278. The number of amides is 2. The van der Waals surface area contributed by atoms with Gasteiger partial charge in [0.1, 0.15) is 18.3 Å². The third-order valence-electron chi connectivity index (χ3n) is 7.45. The van der Waals surface area contributed by atoms with Crippen molar-refractivity contribution in [3.8, 4) is 5.75 Å². The summed E-state index contributed by atoms with van der Waals surface area (Å²) in [5.74, 6) is -0.750. The predicted octanol–water partition coefficient (Wildman–Crippen LogP) is 7.47. The van der Waals surface area contributed by atoms with Gasteiger partial charge in [0.15, 0.2) is 0 Å². The molecule has 0 aliphatic carbocycles. The molecule has 0 bridgehead atoms. The van der Waals surface area contributed by atoms with Crippen LogP contribution < -0.4 is 14.4 Å². The van der Waals surface area contributed by atoms with Crippen LogP contribution in [0, 0.1) is 0 Å². The van der Waals surface area contributed by atoms with E-state index in [1.165, 1.54) is 28.8 Å². The highest BCUT2D eigenvalue weighted by molar-refractivity contribution is 7.98. The number of thioether (sulfide) groups is 1. The third-order valence-corrected chi connectivity index (χ3v) is 10.7. The van der Waals surface area contributed by atoms with Gasteiger partial charge in [-0.3, -0.25) is 13.9 Å². The molecule has 0 saturated heterocycles. The van der Waals surface area contributed by atoms with E-state index in [-0.39, 0.29) is 41.9 Å². The zero-order valence-electron chi connectivity index (χ0n) is 27.2. The SMILES string of the molecule is CCOc1ccccc1N(CC(=O)N(Cc1c(Cl)cccc1Cl)[C@@H](Cc1ccccc1)C(=O)NC(C)C)S(=O)(=O)c1ccc(SC)cc1. The molecule has 0 radical (unpaired) electrons. The second kappa shape index (κ2) is 17.1. The van der Waals surface area contributed by atoms with Gasteiger partial charge in [0.2, 0.25) is 11.8 Å². The number of nitrogens with zero attached hydrogens (tertiary/aromatic N) is 2. The molecule has 0 aliphatic rings. The average molecular weight is 729 g/mol. The predicted molar refractivity (Wildman–Crippen MR) is 195 cm³/mol. The van der Waals surface area contributed by atoms with Gasteiger partial charge in [0, 0.05) is 39.5 Å². The number of rotatable bonds is 15. The molecule has 0 aromatic heterocycles. The van der Waals surface area contributed by atoms with Gasteiger partial charge in [0.25, 0.3) is 10.0 Å². The van der Waals surface area contributed by atoms with Crippen LogP contribution >= 0.6 is 35.0 Å². The number of carbonyl (C=O) groups is 2. The van der Waals surface area contributed by atoms with Crippen LogP contribution in [0.2, 0.25) is 10.0 Å². The Balaban J connectivity index is 1.87. The maximum atomic E-state index is 14.7. The standard InChI is InChI=1S/C36H39Cl2N3O5S2/c1-5-46-34-17-10-9-16-32(34)41(48(44,45)28-20-18-27(47-4)19-21-28)24-35(42)40(23-29-30(37)14-11-15-31(29)38)33(36(43)39-25(2)3)22-26-12-7-6-8-13-26/h6-21,25,33H,5,22-24H2,1-4H3,(H,39,43)/t33-/m0/s1. The Labute approximate surface area is 297 Å². The number of para-hydroxylation sites is 2. The third kappa shape index (κ3) is 9.25.